The van der Waals surface area contributed by atoms with E-state index < -0.39 is 19.1 Å². The number of benzene rings is 1. The molecule has 0 spiro atoms. The van der Waals surface area contributed by atoms with Crippen LogP contribution in [0.1, 0.15) is 0 Å². The second-order valence-electron chi connectivity index (χ2n) is 3.95. The fourth-order valence-corrected chi connectivity index (χ4v) is 3.63. The Morgan fingerprint density at radius 3 is 2.56 bits per heavy atom. The Labute approximate surface area is 113 Å². The average Bonchev–Trinajstić information content (AvgIpc) is 2.41. The lowest BCUT2D eigenvalue weighted by Crippen LogP contribution is -2.53. The first-order valence-corrected chi connectivity index (χ1v) is 7.28. The van der Waals surface area contributed by atoms with Gasteiger partial charge in [0.05, 0.1) is 19.1 Å². The third kappa shape index (κ3) is 2.19. The van der Waals surface area contributed by atoms with Crippen molar-refractivity contribution in [2.75, 3.05) is 13.2 Å². The predicted octanol–water partition coefficient (Wildman–Crippen LogP) is 2.60. The first-order valence-electron chi connectivity index (χ1n) is 5.40. The third-order valence-electron chi connectivity index (χ3n) is 2.73. The molecule has 1 aromatic carbocycles. The Hall–Kier alpha value is -0.520. The van der Waals surface area contributed by atoms with Gasteiger partial charge in [-0.1, -0.05) is 18.2 Å². The Morgan fingerprint density at radius 1 is 1.33 bits per heavy atom. The minimum Gasteiger partial charge on any atom is -0.424 e. The zero-order chi connectivity index (χ0) is 12.6. The number of hydrogen-bond donors (Lipinski definition) is 0. The summed E-state index contributed by atoms with van der Waals surface area (Å²) >= 11 is 3.34. The zero-order valence-corrected chi connectivity index (χ0v) is 11.7. The second-order valence-corrected chi connectivity index (χ2v) is 6.28. The highest BCUT2D eigenvalue weighted by Crippen LogP contribution is 2.58. The second kappa shape index (κ2) is 4.87. The molecule has 96 valence electrons. The number of halogens is 1. The molecule has 0 aliphatic carbocycles. The largest absolute Gasteiger partial charge is 0.424 e. The van der Waals surface area contributed by atoms with Crippen LogP contribution in [-0.2, 0) is 18.4 Å². The van der Waals surface area contributed by atoms with E-state index >= 15 is 0 Å². The Morgan fingerprint density at radius 2 is 2.00 bits per heavy atom. The maximum absolute atomic E-state index is 12.2. The molecule has 0 aromatic heterocycles. The maximum Gasteiger partial charge on any atom is 0.356 e. The van der Waals surface area contributed by atoms with Crippen LogP contribution in [0.4, 0.5) is 0 Å². The van der Waals surface area contributed by atoms with E-state index in [0.29, 0.717) is 19.0 Å². The zero-order valence-electron chi connectivity index (χ0n) is 9.24. The number of ether oxygens (including phenoxy) is 1. The summed E-state index contributed by atoms with van der Waals surface area (Å²) in [5.74, 6) is -0.194. The van der Waals surface area contributed by atoms with Crippen LogP contribution >= 0.6 is 24.5 Å². The lowest BCUT2D eigenvalue weighted by atomic mass is 10.0. The molecular formula is C11H10BrO5P. The van der Waals surface area contributed by atoms with Gasteiger partial charge in [0.15, 0.2) is 0 Å². The minimum absolute atomic E-state index is 0.207. The van der Waals surface area contributed by atoms with Gasteiger partial charge >= 0.3 is 14.6 Å². The summed E-state index contributed by atoms with van der Waals surface area (Å²) in [7, 11) is -1.45. The summed E-state index contributed by atoms with van der Waals surface area (Å²) in [4.78, 5) is 12.2. The third-order valence-corrected chi connectivity index (χ3v) is 5.27. The van der Waals surface area contributed by atoms with E-state index in [1.54, 1.807) is 24.3 Å². The molecule has 3 heterocycles. The lowest BCUT2D eigenvalue weighted by Gasteiger charge is -2.43. The molecule has 1 atom stereocenters. The van der Waals surface area contributed by atoms with Crippen molar-refractivity contribution in [1.29, 1.82) is 0 Å². The van der Waals surface area contributed by atoms with E-state index in [2.05, 4.69) is 15.9 Å². The van der Waals surface area contributed by atoms with Crippen LogP contribution in [-0.4, -0.2) is 23.7 Å². The van der Waals surface area contributed by atoms with E-state index in [0.717, 1.165) is 0 Å². The molecule has 0 saturated carbocycles. The van der Waals surface area contributed by atoms with Gasteiger partial charge in [-0.15, -0.1) is 0 Å². The molecule has 3 saturated heterocycles. The number of para-hydroxylation sites is 1. The highest BCUT2D eigenvalue weighted by molar-refractivity contribution is 9.10. The summed E-state index contributed by atoms with van der Waals surface area (Å²) in [6.45, 7) is 0.863. The molecule has 5 nitrogen and oxygen atoms in total. The van der Waals surface area contributed by atoms with Crippen molar-refractivity contribution in [1.82, 2.24) is 0 Å². The van der Waals surface area contributed by atoms with Crippen LogP contribution in [0, 0.1) is 5.92 Å². The molecule has 3 aliphatic rings. The van der Waals surface area contributed by atoms with Crippen LogP contribution in [0.15, 0.2) is 30.3 Å². The summed E-state index contributed by atoms with van der Waals surface area (Å²) in [5, 5.41) is 0. The van der Waals surface area contributed by atoms with Crippen molar-refractivity contribution in [2.24, 2.45) is 5.92 Å². The van der Waals surface area contributed by atoms with E-state index in [4.69, 9.17) is 18.3 Å². The van der Waals surface area contributed by atoms with Crippen molar-refractivity contribution >= 4 is 30.5 Å². The summed E-state index contributed by atoms with van der Waals surface area (Å²) < 4.78 is 20.1. The number of carbonyl (C=O) groups excluding carboxylic acids is 1. The van der Waals surface area contributed by atoms with Gasteiger partial charge in [-0.2, -0.15) is 0 Å². The average molecular weight is 333 g/mol. The van der Waals surface area contributed by atoms with E-state index in [9.17, 15) is 4.79 Å². The number of fused-ring (bicyclic) bond motifs is 3. The highest BCUT2D eigenvalue weighted by Gasteiger charge is 2.56. The molecule has 0 amide bonds. The molecule has 3 fully saturated rings. The first kappa shape index (κ1) is 12.5. The van der Waals surface area contributed by atoms with E-state index in [1.807, 2.05) is 6.07 Å². The lowest BCUT2D eigenvalue weighted by molar-refractivity contribution is -0.158. The molecule has 18 heavy (non-hydrogen) atoms. The first-order chi connectivity index (χ1) is 8.68. The van der Waals surface area contributed by atoms with E-state index in [1.165, 1.54) is 0 Å². The summed E-state index contributed by atoms with van der Waals surface area (Å²) in [6.07, 6.45) is 0. The Kier molecular flexibility index (Phi) is 3.38. The monoisotopic (exact) mass is 332 g/mol. The molecular weight excluding hydrogens is 323 g/mol. The molecule has 1 unspecified atom stereocenters. The van der Waals surface area contributed by atoms with Gasteiger partial charge in [0.2, 0.25) is 4.51 Å². The maximum atomic E-state index is 12.2. The Balaban J connectivity index is 1.76. The van der Waals surface area contributed by atoms with Gasteiger partial charge in [0.25, 0.3) is 0 Å². The molecule has 1 aromatic rings. The summed E-state index contributed by atoms with van der Waals surface area (Å²) in [5.41, 5.74) is 0. The van der Waals surface area contributed by atoms with Crippen LogP contribution in [0.5, 0.6) is 5.75 Å². The van der Waals surface area contributed by atoms with Crippen LogP contribution < -0.4 is 4.74 Å². The molecule has 3 aliphatic heterocycles. The number of carbonyl (C=O) groups is 1. The van der Waals surface area contributed by atoms with Crippen molar-refractivity contribution in [2.45, 2.75) is 4.51 Å². The van der Waals surface area contributed by atoms with Gasteiger partial charge in [-0.05, 0) is 28.1 Å². The molecule has 0 N–H and O–H groups in total. The van der Waals surface area contributed by atoms with Gasteiger partial charge < -0.3 is 13.8 Å². The molecule has 7 heteroatoms. The van der Waals surface area contributed by atoms with E-state index in [-0.39, 0.29) is 5.92 Å². The molecule has 0 radical (unpaired) electrons. The van der Waals surface area contributed by atoms with Gasteiger partial charge in [-0.3, -0.25) is 4.52 Å². The quantitative estimate of drug-likeness (QED) is 0.360. The Bertz CT molecular complexity index is 448. The minimum atomic E-state index is -1.45. The molecule has 4 rings (SSSR count). The smallest absolute Gasteiger partial charge is 0.356 e. The number of esters is 1. The number of rotatable bonds is 2. The highest BCUT2D eigenvalue weighted by atomic mass is 79.9. The topological polar surface area (TPSA) is 54.0 Å². The van der Waals surface area contributed by atoms with Gasteiger partial charge in [-0.25, -0.2) is 4.79 Å². The fraction of sp³-hybridized carbons (Fsp3) is 0.364. The van der Waals surface area contributed by atoms with Crippen molar-refractivity contribution in [3.05, 3.63) is 30.3 Å². The normalized spacial score (nSPS) is 34.3. The van der Waals surface area contributed by atoms with Gasteiger partial charge in [0.1, 0.15) is 5.75 Å². The number of hydrogen-bond acceptors (Lipinski definition) is 5. The van der Waals surface area contributed by atoms with Crippen LogP contribution in [0.2, 0.25) is 0 Å². The van der Waals surface area contributed by atoms with Gasteiger partial charge in [0, 0.05) is 0 Å². The molecule has 2 bridgehead atoms. The fourth-order valence-electron chi connectivity index (χ4n) is 1.71. The van der Waals surface area contributed by atoms with Crippen molar-refractivity contribution in [3.8, 4) is 5.75 Å². The van der Waals surface area contributed by atoms with Crippen molar-refractivity contribution in [3.63, 3.8) is 0 Å². The van der Waals surface area contributed by atoms with Crippen LogP contribution in [0.3, 0.4) is 0 Å². The SMILES string of the molecule is O=C(Oc1ccccc1)C1(Br)OP2OCC1CO2. The predicted molar refractivity (Wildman–Crippen MR) is 67.1 cm³/mol. The standard InChI is InChI=1S/C11H10BrO5P/c12-11(8-6-14-18(17-11)15-7-8)10(13)16-9-4-2-1-3-5-9/h1-5,8H,6-7H2. The van der Waals surface area contributed by atoms with Crippen LogP contribution in [0.25, 0.3) is 0 Å². The van der Waals surface area contributed by atoms with Crippen molar-refractivity contribution < 1.29 is 23.1 Å². The number of alkyl halides is 1. The summed E-state index contributed by atoms with van der Waals surface area (Å²) in [6, 6.07) is 8.88.